The van der Waals surface area contributed by atoms with E-state index < -0.39 is 85.0 Å². The third-order valence-electron chi connectivity index (χ3n) is 7.35. The Morgan fingerprint density at radius 1 is 1.00 bits per heavy atom. The lowest BCUT2D eigenvalue weighted by molar-refractivity contribution is -0.384. The number of nitrogens with one attached hydrogen (secondary N) is 5. The molecule has 282 valence electrons. The van der Waals surface area contributed by atoms with Gasteiger partial charge in [-0.05, 0) is 51.7 Å². The predicted molar refractivity (Wildman–Crippen MR) is 179 cm³/mol. The van der Waals surface area contributed by atoms with E-state index >= 15 is 0 Å². The van der Waals surface area contributed by atoms with Gasteiger partial charge in [0.2, 0.25) is 35.4 Å². The van der Waals surface area contributed by atoms with Crippen molar-refractivity contribution in [2.45, 2.75) is 76.7 Å². The van der Waals surface area contributed by atoms with Crippen LogP contribution in [-0.4, -0.2) is 111 Å². The smallest absolute Gasteiger partial charge is 0.370 e. The van der Waals surface area contributed by atoms with E-state index in [0.29, 0.717) is 6.42 Å². The molecule has 1 aliphatic heterocycles. The van der Waals surface area contributed by atoms with Gasteiger partial charge in [-0.25, -0.2) is 4.57 Å². The fourth-order valence-electron chi connectivity index (χ4n) is 4.86. The second kappa shape index (κ2) is 19.3. The minimum absolute atomic E-state index is 0.0100. The molecule has 1 aromatic rings. The molecule has 51 heavy (non-hydrogen) atoms. The highest BCUT2D eigenvalue weighted by molar-refractivity contribution is 7.46. The number of carbonyl (C=O) groups is 6. The standard InChI is InChI=1S/C28H43N10O12P/c1-15(32-17(3)39)23(40)33-16(2)24(41)36-21(14-50-51(47,48)49)27(44)37-13-5-7-22(37)26(43)35-20(6-4-12-31-28(29)30)25(42)34-18-8-10-19(11-9-18)38(45)46/h8-11,15-16,20-22H,4-7,12-14H2,1-3H3,(H,32,39)(H,33,40)(H,34,42)(H,35,43)(H,36,41)(H4,29,30,31)(H2,47,48,49)/t15-,16-,20-,21-,22-/m0/s1. The molecule has 0 radical (unpaired) electrons. The van der Waals surface area contributed by atoms with Crippen LogP contribution in [0.1, 0.15) is 46.5 Å². The Kier molecular flexibility index (Phi) is 15.9. The Bertz CT molecular complexity index is 1530. The monoisotopic (exact) mass is 742 g/mol. The number of amides is 6. The van der Waals surface area contributed by atoms with Crippen molar-refractivity contribution in [1.29, 1.82) is 0 Å². The average molecular weight is 743 g/mol. The van der Waals surface area contributed by atoms with Crippen molar-refractivity contribution in [3.8, 4) is 0 Å². The van der Waals surface area contributed by atoms with Crippen LogP contribution in [0, 0.1) is 10.1 Å². The minimum Gasteiger partial charge on any atom is -0.370 e. The van der Waals surface area contributed by atoms with Gasteiger partial charge in [-0.1, -0.05) is 0 Å². The first-order chi connectivity index (χ1) is 23.8. The summed E-state index contributed by atoms with van der Waals surface area (Å²) < 4.78 is 16.0. The number of hydrogen-bond donors (Lipinski definition) is 9. The van der Waals surface area contributed by atoms with Crippen LogP contribution in [0.5, 0.6) is 0 Å². The molecule has 0 saturated carbocycles. The lowest BCUT2D eigenvalue weighted by Gasteiger charge is -2.30. The van der Waals surface area contributed by atoms with Crippen molar-refractivity contribution < 1.29 is 52.6 Å². The van der Waals surface area contributed by atoms with Crippen LogP contribution in [-0.2, 0) is 37.9 Å². The van der Waals surface area contributed by atoms with Crippen LogP contribution >= 0.6 is 7.82 Å². The number of anilines is 1. The first-order valence-electron chi connectivity index (χ1n) is 15.6. The van der Waals surface area contributed by atoms with Crippen molar-refractivity contribution in [3.63, 3.8) is 0 Å². The molecule has 23 heteroatoms. The summed E-state index contributed by atoms with van der Waals surface area (Å²) in [5.74, 6) is -4.77. The number of carbonyl (C=O) groups excluding carboxylic acids is 6. The third-order valence-corrected chi connectivity index (χ3v) is 7.84. The van der Waals surface area contributed by atoms with E-state index in [4.69, 9.17) is 11.5 Å². The number of benzene rings is 1. The quantitative estimate of drug-likeness (QED) is 0.0191. The van der Waals surface area contributed by atoms with Gasteiger partial charge in [-0.15, -0.1) is 0 Å². The van der Waals surface area contributed by atoms with E-state index in [-0.39, 0.29) is 49.7 Å². The number of non-ortho nitro benzene ring substituents is 1. The molecule has 0 aromatic heterocycles. The van der Waals surface area contributed by atoms with Gasteiger partial charge in [0.15, 0.2) is 5.96 Å². The number of nitrogens with zero attached hydrogens (tertiary/aromatic N) is 3. The zero-order valence-electron chi connectivity index (χ0n) is 28.1. The predicted octanol–water partition coefficient (Wildman–Crippen LogP) is -2.31. The van der Waals surface area contributed by atoms with Gasteiger partial charge >= 0.3 is 7.82 Å². The molecule has 0 unspecified atom stereocenters. The second-order valence-corrected chi connectivity index (χ2v) is 12.7. The summed E-state index contributed by atoms with van der Waals surface area (Å²) in [6.45, 7) is 2.92. The molecular weight excluding hydrogens is 699 g/mol. The van der Waals surface area contributed by atoms with Crippen LogP contribution in [0.3, 0.4) is 0 Å². The van der Waals surface area contributed by atoms with Gasteiger partial charge in [-0.2, -0.15) is 0 Å². The Balaban J connectivity index is 2.23. The number of phosphoric ester groups is 1. The molecule has 0 bridgehead atoms. The molecule has 22 nitrogen and oxygen atoms in total. The average Bonchev–Trinajstić information content (AvgIpc) is 3.53. The highest BCUT2D eigenvalue weighted by Gasteiger charge is 2.40. The van der Waals surface area contributed by atoms with Gasteiger partial charge in [0.25, 0.3) is 5.69 Å². The number of rotatable bonds is 18. The van der Waals surface area contributed by atoms with Crippen LogP contribution < -0.4 is 38.1 Å². The number of phosphoric acid groups is 1. The number of hydrogen-bond acceptors (Lipinski definition) is 11. The van der Waals surface area contributed by atoms with Crippen molar-refractivity contribution in [3.05, 3.63) is 34.4 Å². The molecular formula is C28H43N10O12P. The summed E-state index contributed by atoms with van der Waals surface area (Å²) >= 11 is 0. The number of nitro benzene ring substituents is 1. The SMILES string of the molecule is CC(=O)N[C@@H](C)C(=O)N[C@@H](C)C(=O)N[C@@H](COP(=O)(O)O)C(=O)N1CCC[C@H]1C(=O)N[C@@H](CCCN=C(N)N)C(=O)Nc1ccc([N+](=O)[O-])cc1. The number of guanidine groups is 1. The molecule has 5 atom stereocenters. The molecule has 2 rings (SSSR count). The van der Waals surface area contributed by atoms with Gasteiger partial charge < -0.3 is 52.7 Å². The van der Waals surface area contributed by atoms with E-state index in [2.05, 4.69) is 36.1 Å². The lowest BCUT2D eigenvalue weighted by Crippen LogP contribution is -2.59. The summed E-state index contributed by atoms with van der Waals surface area (Å²) in [6, 6.07) is -1.45. The highest BCUT2D eigenvalue weighted by atomic mass is 31.2. The molecule has 6 amide bonds. The molecule has 0 aliphatic carbocycles. The summed E-state index contributed by atoms with van der Waals surface area (Å²) in [4.78, 5) is 111. The zero-order chi connectivity index (χ0) is 38.5. The normalized spacial score (nSPS) is 16.4. The maximum atomic E-state index is 13.7. The number of nitrogens with two attached hydrogens (primary N) is 2. The maximum absolute atomic E-state index is 13.7. The third kappa shape index (κ3) is 14.3. The second-order valence-electron chi connectivity index (χ2n) is 11.5. The summed E-state index contributed by atoms with van der Waals surface area (Å²) in [5, 5.41) is 23.1. The number of likely N-dealkylation sites (tertiary alicyclic amines) is 1. The largest absolute Gasteiger partial charge is 0.469 e. The number of nitro groups is 1. The molecule has 0 spiro atoms. The Labute approximate surface area is 291 Å². The van der Waals surface area contributed by atoms with E-state index in [0.717, 1.165) is 4.90 Å². The highest BCUT2D eigenvalue weighted by Crippen LogP contribution is 2.36. The van der Waals surface area contributed by atoms with Crippen molar-refractivity contribution in [1.82, 2.24) is 26.2 Å². The Morgan fingerprint density at radius 2 is 1.61 bits per heavy atom. The van der Waals surface area contributed by atoms with Gasteiger partial charge in [-0.3, -0.25) is 48.4 Å². The van der Waals surface area contributed by atoms with Crippen LogP contribution in [0.4, 0.5) is 11.4 Å². The summed E-state index contributed by atoms with van der Waals surface area (Å²) in [7, 11) is -5.14. The molecule has 1 saturated heterocycles. The Hall–Kier alpha value is -5.18. The lowest BCUT2D eigenvalue weighted by atomic mass is 10.1. The molecule has 1 aliphatic rings. The van der Waals surface area contributed by atoms with E-state index in [1.807, 2.05) is 0 Å². The van der Waals surface area contributed by atoms with E-state index in [1.54, 1.807) is 0 Å². The molecule has 1 aromatic carbocycles. The molecule has 1 heterocycles. The fraction of sp³-hybridized carbons (Fsp3) is 0.536. The van der Waals surface area contributed by atoms with Crippen LogP contribution in [0.15, 0.2) is 29.3 Å². The van der Waals surface area contributed by atoms with E-state index in [9.17, 15) is 53.2 Å². The van der Waals surface area contributed by atoms with Crippen molar-refractivity contribution in [2.24, 2.45) is 16.5 Å². The Morgan fingerprint density at radius 3 is 2.18 bits per heavy atom. The number of aliphatic imine (C=N–C) groups is 1. The first-order valence-corrected chi connectivity index (χ1v) is 17.1. The zero-order valence-corrected chi connectivity index (χ0v) is 29.0. The summed E-state index contributed by atoms with van der Waals surface area (Å²) in [5.41, 5.74) is 10.7. The van der Waals surface area contributed by atoms with Crippen LogP contribution in [0.25, 0.3) is 0 Å². The minimum atomic E-state index is -5.14. The fourth-order valence-corrected chi connectivity index (χ4v) is 5.20. The topological polar surface area (TPSA) is 340 Å². The molecule has 1 fully saturated rings. The van der Waals surface area contributed by atoms with Gasteiger partial charge in [0.05, 0.1) is 11.5 Å². The first kappa shape index (κ1) is 42.0. The van der Waals surface area contributed by atoms with Gasteiger partial charge in [0.1, 0.15) is 30.2 Å². The molecule has 11 N–H and O–H groups in total. The van der Waals surface area contributed by atoms with Crippen molar-refractivity contribution in [2.75, 3.05) is 25.0 Å². The van der Waals surface area contributed by atoms with Gasteiger partial charge in [0, 0.05) is 37.8 Å². The van der Waals surface area contributed by atoms with E-state index in [1.165, 1.54) is 45.0 Å². The van der Waals surface area contributed by atoms with Crippen molar-refractivity contribution >= 4 is 60.6 Å². The maximum Gasteiger partial charge on any atom is 0.469 e. The van der Waals surface area contributed by atoms with Crippen LogP contribution in [0.2, 0.25) is 0 Å². The summed E-state index contributed by atoms with van der Waals surface area (Å²) in [6.07, 6.45) is 0.689.